The van der Waals surface area contributed by atoms with Crippen LogP contribution in [0.2, 0.25) is 0 Å². The Morgan fingerprint density at radius 1 is 1.29 bits per heavy atom. The number of nitrogens with zero attached hydrogens (tertiary/aromatic N) is 2. The second-order valence-corrected chi connectivity index (χ2v) is 15.3. The molecule has 1 saturated heterocycles. The number of allylic oxidation sites excluding steroid dienone is 3. The molecule has 1 atom stereocenters. The molecule has 1 unspecified atom stereocenters. The molecular formula is C35H48FN6O5S+. The van der Waals surface area contributed by atoms with Crippen LogP contribution < -0.4 is 16.3 Å². The summed E-state index contributed by atoms with van der Waals surface area (Å²) in [5.74, 6) is 6.77. The molecule has 1 aliphatic carbocycles. The maximum atomic E-state index is 14.2. The summed E-state index contributed by atoms with van der Waals surface area (Å²) in [6.45, 7) is 11.3. The Labute approximate surface area is 281 Å². The Morgan fingerprint density at radius 3 is 2.69 bits per heavy atom. The molecule has 3 aromatic rings. The summed E-state index contributed by atoms with van der Waals surface area (Å²) in [6.07, 6.45) is 11.2. The van der Waals surface area contributed by atoms with Crippen molar-refractivity contribution >= 4 is 38.2 Å². The molecule has 1 aromatic carbocycles. The third-order valence-corrected chi connectivity index (χ3v) is 10.7. The van der Waals surface area contributed by atoms with Crippen LogP contribution in [0.5, 0.6) is 0 Å². The van der Waals surface area contributed by atoms with Gasteiger partial charge in [0.15, 0.2) is 5.70 Å². The van der Waals surface area contributed by atoms with Crippen molar-refractivity contribution in [2.24, 2.45) is 17.7 Å². The van der Waals surface area contributed by atoms with E-state index in [9.17, 15) is 17.6 Å². The predicted molar refractivity (Wildman–Crippen MR) is 185 cm³/mol. The van der Waals surface area contributed by atoms with E-state index in [1.165, 1.54) is 12.1 Å². The number of H-pyrrole nitrogens is 1. The number of aromatic amines is 1. The number of hydrogen-bond donors (Lipinski definition) is 4. The molecule has 7 N–H and O–H groups in total. The number of nitrogens with two attached hydrogens (primary N) is 1. The van der Waals surface area contributed by atoms with Gasteiger partial charge in [-0.25, -0.2) is 28.2 Å². The smallest absolute Gasteiger partial charge is 0.355 e. The van der Waals surface area contributed by atoms with Crippen LogP contribution in [0.1, 0.15) is 66.0 Å². The molecule has 3 heterocycles. The molecule has 48 heavy (non-hydrogen) atoms. The highest BCUT2D eigenvalue weighted by Crippen LogP contribution is 2.30. The highest BCUT2D eigenvalue weighted by atomic mass is 32.2. The van der Waals surface area contributed by atoms with E-state index in [0.29, 0.717) is 54.1 Å². The molecule has 0 radical (unpaired) electrons. The van der Waals surface area contributed by atoms with Crippen LogP contribution in [0.3, 0.4) is 0 Å². The molecule has 13 heteroatoms. The largest absolute Gasteiger partial charge is 0.469 e. The first-order valence-electron chi connectivity index (χ1n) is 16.5. The number of sulfonamides is 1. The maximum Gasteiger partial charge on any atom is 0.355 e. The second kappa shape index (κ2) is 15.2. The average molecular weight is 684 g/mol. The molecule has 11 nitrogen and oxygen atoms in total. The van der Waals surface area contributed by atoms with Crippen molar-refractivity contribution in [3.05, 3.63) is 82.9 Å². The summed E-state index contributed by atoms with van der Waals surface area (Å²) >= 11 is 0. The lowest BCUT2D eigenvalue weighted by Crippen LogP contribution is -2.48. The van der Waals surface area contributed by atoms with E-state index in [0.717, 1.165) is 48.4 Å². The number of hydrogen-bond acceptors (Lipinski definition) is 8. The van der Waals surface area contributed by atoms with Crippen molar-refractivity contribution in [2.75, 3.05) is 39.3 Å². The number of furan rings is 1. The average Bonchev–Trinajstić information content (AvgIpc) is 3.59. The number of ether oxygens (including phenoxy) is 1. The van der Waals surface area contributed by atoms with Crippen molar-refractivity contribution in [2.45, 2.75) is 52.2 Å². The molecule has 0 saturated carbocycles. The van der Waals surface area contributed by atoms with Crippen LogP contribution in [0.25, 0.3) is 22.2 Å². The number of carbonyl (C=O) groups excluding carboxylic acids is 1. The number of likely N-dealkylation sites (tertiary alicyclic amines) is 1. The topological polar surface area (TPSA) is 162 Å². The fourth-order valence-corrected chi connectivity index (χ4v) is 7.67. The van der Waals surface area contributed by atoms with E-state index in [-0.39, 0.29) is 18.2 Å². The van der Waals surface area contributed by atoms with Crippen LogP contribution in [0.15, 0.2) is 53.3 Å². The van der Waals surface area contributed by atoms with E-state index in [1.807, 2.05) is 39.8 Å². The number of hydrazine groups is 1. The monoisotopic (exact) mass is 683 g/mol. The van der Waals surface area contributed by atoms with E-state index in [2.05, 4.69) is 20.3 Å². The van der Waals surface area contributed by atoms with Gasteiger partial charge in [0.25, 0.3) is 0 Å². The first kappa shape index (κ1) is 35.6. The summed E-state index contributed by atoms with van der Waals surface area (Å²) in [4.78, 5) is 18.3. The second-order valence-electron chi connectivity index (χ2n) is 13.3. The van der Waals surface area contributed by atoms with Gasteiger partial charge in [0.1, 0.15) is 17.3 Å². The van der Waals surface area contributed by atoms with E-state index < -0.39 is 27.1 Å². The molecular weight excluding hydrogens is 635 g/mol. The summed E-state index contributed by atoms with van der Waals surface area (Å²) in [5.41, 5.74) is 8.98. The van der Waals surface area contributed by atoms with Gasteiger partial charge in [0, 0.05) is 36.1 Å². The highest BCUT2D eigenvalue weighted by molar-refractivity contribution is 7.90. The number of nitrogens with one attached hydrogen (secondary N) is 2. The molecule has 1 aliphatic heterocycles. The molecule has 0 spiro atoms. The zero-order chi connectivity index (χ0) is 34.6. The number of rotatable bonds is 13. The maximum absolute atomic E-state index is 14.2. The van der Waals surface area contributed by atoms with Crippen LogP contribution in [-0.4, -0.2) is 73.9 Å². The Hall–Kier alpha value is -3.75. The number of quaternary nitrogens is 1. The van der Waals surface area contributed by atoms with Crippen molar-refractivity contribution in [3.63, 3.8) is 0 Å². The number of piperidine rings is 1. The Morgan fingerprint density at radius 2 is 2.04 bits per heavy atom. The van der Waals surface area contributed by atoms with Gasteiger partial charge >= 0.3 is 5.97 Å². The van der Waals surface area contributed by atoms with E-state index >= 15 is 0 Å². The Bertz CT molecular complexity index is 1800. The van der Waals surface area contributed by atoms with Gasteiger partial charge in [-0.15, -0.1) is 0 Å². The van der Waals surface area contributed by atoms with Crippen molar-refractivity contribution in [3.8, 4) is 0 Å². The summed E-state index contributed by atoms with van der Waals surface area (Å²) in [7, 11) is -3.50. The molecule has 0 amide bonds. The van der Waals surface area contributed by atoms with Crippen LogP contribution in [-0.2, 0) is 14.8 Å². The van der Waals surface area contributed by atoms with Crippen molar-refractivity contribution in [1.29, 1.82) is 0 Å². The first-order chi connectivity index (χ1) is 22.8. The third-order valence-electron chi connectivity index (χ3n) is 8.97. The number of aryl methyl sites for hydroxylation is 2. The predicted octanol–water partition coefficient (Wildman–Crippen LogP) is 4.09. The summed E-state index contributed by atoms with van der Waals surface area (Å²) in [6, 6.07) is 4.30. The highest BCUT2D eigenvalue weighted by Gasteiger charge is 2.27. The number of benzene rings is 1. The number of aromatic nitrogens is 1. The van der Waals surface area contributed by atoms with Gasteiger partial charge in [0.05, 0.1) is 29.9 Å². The number of halogens is 1. The first-order valence-corrected chi connectivity index (χ1v) is 18.0. The van der Waals surface area contributed by atoms with Crippen molar-refractivity contribution in [1.82, 2.24) is 19.6 Å². The molecule has 1 fully saturated rings. The summed E-state index contributed by atoms with van der Waals surface area (Å²) in [5, 5.41) is 1.50. The van der Waals surface area contributed by atoms with Crippen LogP contribution in [0, 0.1) is 31.5 Å². The third kappa shape index (κ3) is 8.45. The van der Waals surface area contributed by atoms with Gasteiger partial charge in [-0.2, -0.15) is 0 Å². The van der Waals surface area contributed by atoms with E-state index in [4.69, 9.17) is 15.0 Å². The standard InChI is InChI=1S/C35H47FN6O5S/c1-22(2)20-47-35(43)34-33(29-17-27(36)7-10-31(29)40-34)30(37)19-42(38)18-25-11-14-41(15-12-25)16-13-39-48(44,45)28-8-5-26(6-9-28)32-23(3)21-46-24(32)4/h5-8,10,17,19,21-22,25,28,39-40H,9,11-16,18,20,37-38H2,1-4H3/p+1. The fourth-order valence-electron chi connectivity index (χ4n) is 6.45. The van der Waals surface area contributed by atoms with Crippen LogP contribution >= 0.6 is 0 Å². The number of esters is 1. The molecule has 2 aliphatic rings. The molecule has 0 bridgehead atoms. The lowest BCUT2D eigenvalue weighted by molar-refractivity contribution is -0.245. The quantitative estimate of drug-likeness (QED) is 0.119. The van der Waals surface area contributed by atoms with Gasteiger partial charge in [-0.3, -0.25) is 0 Å². The minimum absolute atomic E-state index is 0.164. The number of fused-ring (bicyclic) bond motifs is 1. The lowest BCUT2D eigenvalue weighted by Gasteiger charge is -2.33. The Balaban J connectivity index is 1.11. The van der Waals surface area contributed by atoms with Gasteiger partial charge < -0.3 is 29.8 Å². The normalized spacial score (nSPS) is 18.1. The van der Waals surface area contributed by atoms with Crippen molar-refractivity contribution < 1.29 is 32.5 Å². The zero-order valence-electron chi connectivity index (χ0n) is 28.2. The fraction of sp³-hybridized carbons (Fsp3) is 0.457. The minimum Gasteiger partial charge on any atom is -0.469 e. The van der Waals surface area contributed by atoms with Gasteiger partial charge in [-0.1, -0.05) is 32.1 Å². The number of carbonyl (C=O) groups is 1. The summed E-state index contributed by atoms with van der Waals surface area (Å²) < 4.78 is 54.0. The van der Waals surface area contributed by atoms with Gasteiger partial charge in [0.2, 0.25) is 10.0 Å². The Kier molecular flexibility index (Phi) is 11.3. The zero-order valence-corrected chi connectivity index (χ0v) is 29.0. The molecule has 260 valence electrons. The SMILES string of the molecule is Cc1coc(C)c1C1=CCC(S(=O)(=O)NCCN2CCC(CN(N)C=C([NH3+])c3c(C(=O)OCC(C)C)[nH]c4ccc(F)cc34)CC2)C=C1. The molecule has 2 aromatic heterocycles. The molecule has 5 rings (SSSR count). The lowest BCUT2D eigenvalue weighted by atomic mass is 9.96. The van der Waals surface area contributed by atoms with Gasteiger partial charge in [-0.05, 0) is 87.4 Å². The van der Waals surface area contributed by atoms with E-state index in [1.54, 1.807) is 29.6 Å². The minimum atomic E-state index is -3.50. The van der Waals surface area contributed by atoms with Crippen LogP contribution in [0.4, 0.5) is 4.39 Å².